The average molecular weight is 447 g/mol. The second-order valence-electron chi connectivity index (χ2n) is 8.06. The van der Waals surface area contributed by atoms with E-state index in [1.807, 2.05) is 44.2 Å². The molecule has 2 aliphatic rings. The minimum absolute atomic E-state index is 0.0569. The number of quaternary nitrogens is 1. The van der Waals surface area contributed by atoms with Crippen LogP contribution in [0.25, 0.3) is 0 Å². The van der Waals surface area contributed by atoms with E-state index in [1.54, 1.807) is 6.07 Å². The smallest absolute Gasteiger partial charge is 0.275 e. The van der Waals surface area contributed by atoms with Crippen molar-refractivity contribution in [3.8, 4) is 11.5 Å². The first kappa shape index (κ1) is 21.6. The number of carbonyl (C=O) groups is 1. The highest BCUT2D eigenvalue weighted by Crippen LogP contribution is 2.32. The lowest BCUT2D eigenvalue weighted by atomic mass is 10.2. The van der Waals surface area contributed by atoms with Gasteiger partial charge in [0, 0.05) is 6.54 Å². The van der Waals surface area contributed by atoms with Crippen molar-refractivity contribution in [1.29, 1.82) is 0 Å². The van der Waals surface area contributed by atoms with Crippen molar-refractivity contribution in [2.45, 2.75) is 25.3 Å². The fourth-order valence-electron chi connectivity index (χ4n) is 3.88. The predicted octanol–water partition coefficient (Wildman–Crippen LogP) is 0.238. The first-order valence-electron chi connectivity index (χ1n) is 10.4. The molecule has 166 valence electrons. The maximum absolute atomic E-state index is 13.0. The maximum atomic E-state index is 13.0. The third-order valence-corrected chi connectivity index (χ3v) is 7.77. The van der Waals surface area contributed by atoms with E-state index in [1.165, 1.54) is 4.31 Å². The molecule has 0 radical (unpaired) electrons. The molecular weight excluding hydrogens is 418 g/mol. The van der Waals surface area contributed by atoms with Gasteiger partial charge in [-0.05, 0) is 48.7 Å². The van der Waals surface area contributed by atoms with Gasteiger partial charge in [0.2, 0.25) is 16.8 Å². The number of piperazine rings is 1. The lowest BCUT2D eigenvalue weighted by Gasteiger charge is -2.31. The summed E-state index contributed by atoms with van der Waals surface area (Å²) in [5, 5.41) is 2.93. The molecule has 1 fully saturated rings. The molecule has 1 amide bonds. The van der Waals surface area contributed by atoms with Crippen LogP contribution in [0.2, 0.25) is 0 Å². The number of rotatable bonds is 6. The molecule has 2 heterocycles. The third kappa shape index (κ3) is 4.84. The van der Waals surface area contributed by atoms with Gasteiger partial charge in [0.05, 0.1) is 31.1 Å². The standard InChI is InChI=1S/C22H27N3O5S/c1-16-3-4-17(2)21(11-16)31(27,28)25-9-7-24(8-10-25)14-22(26)23-13-18-5-6-19-20(12-18)30-15-29-19/h3-6,11-12H,7-10,13-15H2,1-2H3,(H,23,26)/p+1. The van der Waals surface area contributed by atoms with Crippen LogP contribution >= 0.6 is 0 Å². The Labute approximate surface area is 182 Å². The summed E-state index contributed by atoms with van der Waals surface area (Å²) < 4.78 is 38.3. The van der Waals surface area contributed by atoms with Crippen molar-refractivity contribution >= 4 is 15.9 Å². The highest BCUT2D eigenvalue weighted by atomic mass is 32.2. The number of aryl methyl sites for hydroxylation is 2. The lowest BCUT2D eigenvalue weighted by molar-refractivity contribution is -0.895. The number of sulfonamides is 1. The largest absolute Gasteiger partial charge is 0.454 e. The lowest BCUT2D eigenvalue weighted by Crippen LogP contribution is -3.15. The van der Waals surface area contributed by atoms with E-state index < -0.39 is 10.0 Å². The van der Waals surface area contributed by atoms with E-state index >= 15 is 0 Å². The highest BCUT2D eigenvalue weighted by Gasteiger charge is 2.32. The molecule has 2 aromatic carbocycles. The summed E-state index contributed by atoms with van der Waals surface area (Å²) in [6, 6.07) is 11.1. The van der Waals surface area contributed by atoms with Gasteiger partial charge >= 0.3 is 0 Å². The predicted molar refractivity (Wildman–Crippen MR) is 115 cm³/mol. The molecule has 2 aromatic rings. The molecule has 0 aromatic heterocycles. The molecular formula is C22H28N3O5S+. The molecule has 0 spiro atoms. The summed E-state index contributed by atoms with van der Waals surface area (Å²) >= 11 is 0. The van der Waals surface area contributed by atoms with E-state index in [0.29, 0.717) is 55.7 Å². The minimum atomic E-state index is -3.52. The zero-order valence-electron chi connectivity index (χ0n) is 17.8. The zero-order valence-corrected chi connectivity index (χ0v) is 18.6. The van der Waals surface area contributed by atoms with Gasteiger partial charge in [-0.3, -0.25) is 4.79 Å². The molecule has 0 aliphatic carbocycles. The Kier molecular flexibility index (Phi) is 6.17. The molecule has 2 aliphatic heterocycles. The summed E-state index contributed by atoms with van der Waals surface area (Å²) in [5.41, 5.74) is 2.62. The van der Waals surface area contributed by atoms with Gasteiger partial charge in [-0.15, -0.1) is 0 Å². The van der Waals surface area contributed by atoms with Gasteiger partial charge in [0.1, 0.15) is 0 Å². The van der Waals surface area contributed by atoms with Gasteiger partial charge in [-0.1, -0.05) is 18.2 Å². The van der Waals surface area contributed by atoms with Gasteiger partial charge in [0.15, 0.2) is 18.0 Å². The molecule has 4 rings (SSSR count). The Morgan fingerprint density at radius 2 is 1.81 bits per heavy atom. The van der Waals surface area contributed by atoms with Crippen molar-refractivity contribution in [3.63, 3.8) is 0 Å². The fourth-order valence-corrected chi connectivity index (χ4v) is 5.64. The van der Waals surface area contributed by atoms with Crippen LogP contribution in [0.15, 0.2) is 41.3 Å². The van der Waals surface area contributed by atoms with Gasteiger partial charge in [-0.2, -0.15) is 4.31 Å². The third-order valence-electron chi connectivity index (χ3n) is 5.73. The molecule has 9 heteroatoms. The average Bonchev–Trinajstić information content (AvgIpc) is 3.22. The molecule has 8 nitrogen and oxygen atoms in total. The maximum Gasteiger partial charge on any atom is 0.275 e. The Morgan fingerprint density at radius 3 is 2.58 bits per heavy atom. The van der Waals surface area contributed by atoms with Crippen molar-refractivity contribution in [2.24, 2.45) is 0 Å². The normalized spacial score (nSPS) is 17.0. The van der Waals surface area contributed by atoms with Crippen molar-refractivity contribution in [2.75, 3.05) is 39.5 Å². The number of benzene rings is 2. The molecule has 2 N–H and O–H groups in total. The molecule has 0 unspecified atom stereocenters. The number of hydrogen-bond donors (Lipinski definition) is 2. The molecule has 0 bridgehead atoms. The number of fused-ring (bicyclic) bond motifs is 1. The molecule has 1 saturated heterocycles. The quantitative estimate of drug-likeness (QED) is 0.664. The van der Waals surface area contributed by atoms with Crippen molar-refractivity contribution in [1.82, 2.24) is 9.62 Å². The summed E-state index contributed by atoms with van der Waals surface area (Å²) in [6.07, 6.45) is 0. The van der Waals surface area contributed by atoms with Gasteiger partial charge < -0.3 is 19.7 Å². The SMILES string of the molecule is Cc1ccc(C)c(S(=O)(=O)N2CC[NH+](CC(=O)NCc3ccc4c(c3)OCO4)CC2)c1. The first-order chi connectivity index (χ1) is 14.8. The number of hydrogen-bond acceptors (Lipinski definition) is 5. The summed E-state index contributed by atoms with van der Waals surface area (Å²) in [5.74, 6) is 1.35. The summed E-state index contributed by atoms with van der Waals surface area (Å²) in [6.45, 7) is 6.67. The van der Waals surface area contributed by atoms with Crippen LogP contribution in [0.3, 0.4) is 0 Å². The van der Waals surface area contributed by atoms with Crippen LogP contribution in [0, 0.1) is 13.8 Å². The Bertz CT molecular complexity index is 1080. The first-order valence-corrected chi connectivity index (χ1v) is 11.8. The summed E-state index contributed by atoms with van der Waals surface area (Å²) in [7, 11) is -3.52. The van der Waals surface area contributed by atoms with Crippen LogP contribution in [-0.2, 0) is 21.4 Å². The molecule has 0 atom stereocenters. The Morgan fingerprint density at radius 1 is 1.06 bits per heavy atom. The van der Waals surface area contributed by atoms with E-state index in [4.69, 9.17) is 9.47 Å². The zero-order chi connectivity index (χ0) is 22.0. The Hall–Kier alpha value is -2.62. The fraction of sp³-hybridized carbons (Fsp3) is 0.409. The molecule has 31 heavy (non-hydrogen) atoms. The van der Waals surface area contributed by atoms with E-state index in [2.05, 4.69) is 5.32 Å². The second kappa shape index (κ2) is 8.86. The van der Waals surface area contributed by atoms with Gasteiger partial charge in [-0.25, -0.2) is 8.42 Å². The number of amides is 1. The number of nitrogens with zero attached hydrogens (tertiary/aromatic N) is 1. The van der Waals surface area contributed by atoms with E-state index in [0.717, 1.165) is 21.6 Å². The van der Waals surface area contributed by atoms with E-state index in [-0.39, 0.29) is 12.7 Å². The van der Waals surface area contributed by atoms with Crippen LogP contribution in [0.5, 0.6) is 11.5 Å². The highest BCUT2D eigenvalue weighted by molar-refractivity contribution is 7.89. The minimum Gasteiger partial charge on any atom is -0.454 e. The van der Waals surface area contributed by atoms with Crippen LogP contribution in [-0.4, -0.2) is 58.1 Å². The number of ether oxygens (including phenoxy) is 2. The molecule has 0 saturated carbocycles. The van der Waals surface area contributed by atoms with Crippen LogP contribution in [0.1, 0.15) is 16.7 Å². The monoisotopic (exact) mass is 446 g/mol. The van der Waals surface area contributed by atoms with Gasteiger partial charge in [0.25, 0.3) is 5.91 Å². The van der Waals surface area contributed by atoms with Crippen molar-refractivity contribution < 1.29 is 27.6 Å². The van der Waals surface area contributed by atoms with E-state index in [9.17, 15) is 13.2 Å². The number of nitrogens with one attached hydrogen (secondary N) is 2. The number of carbonyl (C=O) groups excluding carboxylic acids is 1. The van der Waals surface area contributed by atoms with Crippen LogP contribution in [0.4, 0.5) is 0 Å². The van der Waals surface area contributed by atoms with Crippen LogP contribution < -0.4 is 19.7 Å². The summed E-state index contributed by atoms with van der Waals surface area (Å²) in [4.78, 5) is 13.8. The topological polar surface area (TPSA) is 89.4 Å². The second-order valence-corrected chi connectivity index (χ2v) is 9.97. The van der Waals surface area contributed by atoms with Crippen molar-refractivity contribution in [3.05, 3.63) is 53.1 Å². The Balaban J connectivity index is 1.28.